The monoisotopic (exact) mass is 506 g/mol. The number of aryl methyl sites for hydroxylation is 1. The van der Waals surface area contributed by atoms with Crippen LogP contribution in [0, 0.1) is 6.92 Å². The first-order valence-electron chi connectivity index (χ1n) is 13.1. The van der Waals surface area contributed by atoms with Crippen molar-refractivity contribution in [1.29, 1.82) is 0 Å². The van der Waals surface area contributed by atoms with Crippen molar-refractivity contribution in [2.24, 2.45) is 0 Å². The lowest BCUT2D eigenvalue weighted by Gasteiger charge is -2.32. The Bertz CT molecular complexity index is 1300. The number of hydrogen-bond donors (Lipinski definition) is 0. The molecule has 10 nitrogen and oxygen atoms in total. The van der Waals surface area contributed by atoms with Crippen LogP contribution in [-0.4, -0.2) is 89.8 Å². The van der Waals surface area contributed by atoms with E-state index in [2.05, 4.69) is 38.8 Å². The lowest BCUT2D eigenvalue weighted by atomic mass is 9.86. The van der Waals surface area contributed by atoms with E-state index < -0.39 is 0 Å². The van der Waals surface area contributed by atoms with Gasteiger partial charge in [-0.25, -0.2) is 4.68 Å². The molecule has 10 heteroatoms. The first-order chi connectivity index (χ1) is 18.0. The maximum absolute atomic E-state index is 11.5. The summed E-state index contributed by atoms with van der Waals surface area (Å²) >= 11 is 0. The molecule has 6 rings (SSSR count). The van der Waals surface area contributed by atoms with Gasteiger partial charge >= 0.3 is 12.0 Å². The highest BCUT2D eigenvalue weighted by Crippen LogP contribution is 2.35. The Morgan fingerprint density at radius 1 is 1.14 bits per heavy atom. The third kappa shape index (κ3) is 4.64. The van der Waals surface area contributed by atoms with Crippen molar-refractivity contribution in [3.8, 4) is 11.8 Å². The summed E-state index contributed by atoms with van der Waals surface area (Å²) in [6.45, 7) is 6.48. The molecule has 2 aromatic heterocycles. The number of nitrogens with zero attached hydrogens (tertiary/aromatic N) is 6. The first kappa shape index (κ1) is 24.1. The molecule has 3 aliphatic rings. The molecule has 2 bridgehead atoms. The van der Waals surface area contributed by atoms with Crippen LogP contribution >= 0.6 is 0 Å². The molecule has 37 heavy (non-hydrogen) atoms. The average Bonchev–Trinajstić information content (AvgIpc) is 3.67. The van der Waals surface area contributed by atoms with Crippen LogP contribution in [0.25, 0.3) is 16.7 Å². The molecule has 0 amide bonds. The molecule has 3 aliphatic heterocycles. The van der Waals surface area contributed by atoms with Crippen molar-refractivity contribution in [3.63, 3.8) is 0 Å². The standard InChI is InChI=1S/C27H34N6O4/c1-17-10-19-14-28-33(23(19)12-22(17)18-4-7-31(8-5-18)9-6-26(34)35-2)25-13-24(29-27(30-25)36-3)32-15-21-11-20(32)16-37-21/h10,12-14,18,20-21H,4-9,11,15-16H2,1-3H3/t20-,21-/m0/s1. The van der Waals surface area contributed by atoms with Crippen molar-refractivity contribution in [1.82, 2.24) is 24.6 Å². The molecule has 2 atom stereocenters. The van der Waals surface area contributed by atoms with Crippen LogP contribution in [0.5, 0.6) is 6.01 Å². The zero-order valence-electron chi connectivity index (χ0n) is 21.7. The van der Waals surface area contributed by atoms with Crippen LogP contribution in [-0.2, 0) is 14.3 Å². The number of likely N-dealkylation sites (tertiary alicyclic amines) is 1. The smallest absolute Gasteiger partial charge is 0.320 e. The summed E-state index contributed by atoms with van der Waals surface area (Å²) in [6, 6.07) is 7.21. The van der Waals surface area contributed by atoms with Crippen molar-refractivity contribution < 1.29 is 19.0 Å². The quantitative estimate of drug-likeness (QED) is 0.448. The first-order valence-corrected chi connectivity index (χ1v) is 13.1. The number of hydrogen-bond acceptors (Lipinski definition) is 9. The van der Waals surface area contributed by atoms with E-state index in [4.69, 9.17) is 19.3 Å². The number of carbonyl (C=O) groups is 1. The number of fused-ring (bicyclic) bond motifs is 3. The van der Waals surface area contributed by atoms with Crippen LogP contribution in [0.3, 0.4) is 0 Å². The summed E-state index contributed by atoms with van der Waals surface area (Å²) in [7, 11) is 3.05. The van der Waals surface area contributed by atoms with E-state index in [0.717, 1.165) is 68.8 Å². The van der Waals surface area contributed by atoms with Gasteiger partial charge in [0.1, 0.15) is 5.82 Å². The molecule has 196 valence electrons. The minimum absolute atomic E-state index is 0.147. The molecule has 0 spiro atoms. The molecule has 1 aromatic carbocycles. The third-order valence-electron chi connectivity index (χ3n) is 8.12. The van der Waals surface area contributed by atoms with Gasteiger partial charge in [-0.2, -0.15) is 15.1 Å². The maximum atomic E-state index is 11.5. The zero-order valence-corrected chi connectivity index (χ0v) is 21.7. The highest BCUT2D eigenvalue weighted by Gasteiger charge is 2.40. The number of carbonyl (C=O) groups excluding carboxylic acids is 1. The molecule has 0 unspecified atom stereocenters. The Balaban J connectivity index is 1.27. The number of morpholine rings is 1. The van der Waals surface area contributed by atoms with E-state index in [1.807, 2.05) is 16.9 Å². The van der Waals surface area contributed by atoms with E-state index in [-0.39, 0.29) is 12.1 Å². The number of piperidine rings is 1. The van der Waals surface area contributed by atoms with Crippen molar-refractivity contribution in [2.75, 3.05) is 51.9 Å². The predicted octanol–water partition coefficient (Wildman–Crippen LogP) is 2.85. The van der Waals surface area contributed by atoms with E-state index in [9.17, 15) is 4.79 Å². The summed E-state index contributed by atoms with van der Waals surface area (Å²) in [5.41, 5.74) is 3.68. The molecular formula is C27H34N6O4. The van der Waals surface area contributed by atoms with Gasteiger partial charge in [-0.05, 0) is 68.5 Å². The van der Waals surface area contributed by atoms with E-state index in [0.29, 0.717) is 30.2 Å². The minimum Gasteiger partial charge on any atom is -0.469 e. The minimum atomic E-state index is -0.147. The number of aromatic nitrogens is 4. The lowest BCUT2D eigenvalue weighted by molar-refractivity contribution is -0.141. The van der Waals surface area contributed by atoms with E-state index >= 15 is 0 Å². The molecule has 3 fully saturated rings. The number of methoxy groups -OCH3 is 2. The van der Waals surface area contributed by atoms with Gasteiger partial charge in [0, 0.05) is 24.5 Å². The fourth-order valence-electron chi connectivity index (χ4n) is 6.07. The highest BCUT2D eigenvalue weighted by molar-refractivity contribution is 5.82. The lowest BCUT2D eigenvalue weighted by Crippen LogP contribution is -2.37. The highest BCUT2D eigenvalue weighted by atomic mass is 16.5. The van der Waals surface area contributed by atoms with E-state index in [1.54, 1.807) is 7.11 Å². The Kier molecular flexibility index (Phi) is 6.46. The number of anilines is 1. The number of benzene rings is 1. The van der Waals surface area contributed by atoms with Gasteiger partial charge in [0.25, 0.3) is 0 Å². The average molecular weight is 507 g/mol. The fourth-order valence-corrected chi connectivity index (χ4v) is 6.07. The third-order valence-corrected chi connectivity index (χ3v) is 8.12. The second kappa shape index (κ2) is 9.90. The summed E-state index contributed by atoms with van der Waals surface area (Å²) in [4.78, 5) is 25.5. The normalized spacial score (nSPS) is 22.2. The van der Waals surface area contributed by atoms with Gasteiger partial charge < -0.3 is 24.0 Å². The van der Waals surface area contributed by atoms with Crippen molar-refractivity contribution >= 4 is 22.7 Å². The van der Waals surface area contributed by atoms with Crippen LogP contribution in [0.1, 0.15) is 42.7 Å². The fraction of sp³-hybridized carbons (Fsp3) is 0.556. The van der Waals surface area contributed by atoms with Gasteiger partial charge in [-0.15, -0.1) is 0 Å². The number of ether oxygens (including phenoxy) is 3. The van der Waals surface area contributed by atoms with Crippen molar-refractivity contribution in [2.45, 2.75) is 50.7 Å². The maximum Gasteiger partial charge on any atom is 0.320 e. The molecule has 5 heterocycles. The Hall–Kier alpha value is -3.24. The van der Waals surface area contributed by atoms with Gasteiger partial charge in [0.2, 0.25) is 0 Å². The largest absolute Gasteiger partial charge is 0.469 e. The summed E-state index contributed by atoms with van der Waals surface area (Å²) < 4.78 is 18.0. The second-order valence-electron chi connectivity index (χ2n) is 10.3. The molecular weight excluding hydrogens is 472 g/mol. The predicted molar refractivity (Wildman–Crippen MR) is 138 cm³/mol. The molecule has 0 aliphatic carbocycles. The Labute approximate surface area is 216 Å². The Morgan fingerprint density at radius 3 is 2.65 bits per heavy atom. The second-order valence-corrected chi connectivity index (χ2v) is 10.3. The summed E-state index contributed by atoms with van der Waals surface area (Å²) in [5.74, 6) is 1.88. The number of rotatable bonds is 7. The molecule has 0 N–H and O–H groups in total. The summed E-state index contributed by atoms with van der Waals surface area (Å²) in [5, 5.41) is 5.81. The van der Waals surface area contributed by atoms with E-state index in [1.165, 1.54) is 18.2 Å². The van der Waals surface area contributed by atoms with Crippen LogP contribution < -0.4 is 9.64 Å². The molecule has 3 saturated heterocycles. The summed E-state index contributed by atoms with van der Waals surface area (Å²) in [6.07, 6.45) is 5.79. The van der Waals surface area contributed by atoms with Gasteiger partial charge in [0.15, 0.2) is 5.82 Å². The number of esters is 1. The van der Waals surface area contributed by atoms with Crippen molar-refractivity contribution in [3.05, 3.63) is 35.5 Å². The van der Waals surface area contributed by atoms with Gasteiger partial charge in [0.05, 0.1) is 51.1 Å². The van der Waals surface area contributed by atoms with Crippen LogP contribution in [0.2, 0.25) is 0 Å². The van der Waals surface area contributed by atoms with Crippen LogP contribution in [0.4, 0.5) is 5.82 Å². The SMILES string of the molecule is COC(=O)CCN1CCC(c2cc3c(cnn3-c3cc(N4C[C@@H]5C[C@H]4CO5)nc(OC)n3)cc2C)CC1. The molecule has 0 saturated carbocycles. The topological polar surface area (TPSA) is 94.8 Å². The van der Waals surface area contributed by atoms with Crippen LogP contribution in [0.15, 0.2) is 24.4 Å². The zero-order chi connectivity index (χ0) is 25.5. The Morgan fingerprint density at radius 2 is 1.95 bits per heavy atom. The van der Waals surface area contributed by atoms with Gasteiger partial charge in [-0.1, -0.05) is 0 Å². The molecule has 0 radical (unpaired) electrons. The van der Waals surface area contributed by atoms with Gasteiger partial charge in [-0.3, -0.25) is 4.79 Å². The molecule has 3 aromatic rings.